The van der Waals surface area contributed by atoms with Crippen LogP contribution in [0.5, 0.6) is 0 Å². The van der Waals surface area contributed by atoms with Crippen LogP contribution in [-0.4, -0.2) is 33.9 Å². The standard InChI is InChI=1S/C20H26FN3O/c1-3-9-24-14-18(16(2)22-24)13-23(15-20-8-5-10-25-20)12-17-6-4-7-19(21)11-17/h3-4,6-7,11,14,20H,1,5,8-10,12-13,15H2,2H3/t20-/m1/s1. The summed E-state index contributed by atoms with van der Waals surface area (Å²) in [5.41, 5.74) is 3.20. The average Bonchev–Trinajstić information content (AvgIpc) is 3.18. The molecule has 5 heteroatoms. The fraction of sp³-hybridized carbons (Fsp3) is 0.450. The molecule has 2 heterocycles. The Morgan fingerprint density at radius 3 is 3.04 bits per heavy atom. The molecule has 1 aliphatic rings. The Morgan fingerprint density at radius 2 is 2.32 bits per heavy atom. The van der Waals surface area contributed by atoms with Crippen LogP contribution in [0.25, 0.3) is 0 Å². The summed E-state index contributed by atoms with van der Waals surface area (Å²) in [7, 11) is 0. The number of hydrogen-bond acceptors (Lipinski definition) is 3. The van der Waals surface area contributed by atoms with Crippen LogP contribution in [0, 0.1) is 12.7 Å². The molecule has 0 saturated carbocycles. The zero-order valence-electron chi connectivity index (χ0n) is 14.8. The highest BCUT2D eigenvalue weighted by molar-refractivity contribution is 5.18. The predicted octanol–water partition coefficient (Wildman–Crippen LogP) is 3.70. The first-order valence-electron chi connectivity index (χ1n) is 8.86. The SMILES string of the molecule is C=CCn1cc(CN(Cc2cccc(F)c2)C[C@H]2CCCO2)c(C)n1. The normalized spacial score (nSPS) is 17.3. The molecule has 0 unspecified atom stereocenters. The molecule has 1 aliphatic heterocycles. The first-order chi connectivity index (χ1) is 12.1. The molecule has 25 heavy (non-hydrogen) atoms. The van der Waals surface area contributed by atoms with Crippen molar-refractivity contribution in [3.05, 3.63) is 65.8 Å². The molecule has 0 bridgehead atoms. The Hall–Kier alpha value is -1.98. The molecule has 1 aromatic heterocycles. The predicted molar refractivity (Wildman–Crippen MR) is 96.6 cm³/mol. The van der Waals surface area contributed by atoms with Crippen LogP contribution in [0.15, 0.2) is 43.1 Å². The highest BCUT2D eigenvalue weighted by Crippen LogP contribution is 2.18. The fourth-order valence-electron chi connectivity index (χ4n) is 3.34. The Bertz CT molecular complexity index is 707. The molecule has 0 radical (unpaired) electrons. The van der Waals surface area contributed by atoms with Gasteiger partial charge in [0, 0.05) is 38.0 Å². The summed E-state index contributed by atoms with van der Waals surface area (Å²) in [5, 5.41) is 4.53. The summed E-state index contributed by atoms with van der Waals surface area (Å²) in [6.07, 6.45) is 6.39. The maximum atomic E-state index is 13.5. The Balaban J connectivity index is 1.74. The van der Waals surface area contributed by atoms with Gasteiger partial charge in [-0.05, 0) is 37.5 Å². The van der Waals surface area contributed by atoms with Crippen molar-refractivity contribution in [1.82, 2.24) is 14.7 Å². The van der Waals surface area contributed by atoms with Gasteiger partial charge < -0.3 is 4.74 Å². The van der Waals surface area contributed by atoms with Crippen molar-refractivity contribution in [3.8, 4) is 0 Å². The number of ether oxygens (including phenoxy) is 1. The molecule has 4 nitrogen and oxygen atoms in total. The zero-order valence-corrected chi connectivity index (χ0v) is 14.8. The number of hydrogen-bond donors (Lipinski definition) is 0. The quantitative estimate of drug-likeness (QED) is 0.685. The van der Waals surface area contributed by atoms with Crippen molar-refractivity contribution in [2.75, 3.05) is 13.2 Å². The second-order valence-corrected chi connectivity index (χ2v) is 6.69. The van der Waals surface area contributed by atoms with Crippen LogP contribution < -0.4 is 0 Å². The second-order valence-electron chi connectivity index (χ2n) is 6.69. The van der Waals surface area contributed by atoms with Gasteiger partial charge >= 0.3 is 0 Å². The summed E-state index contributed by atoms with van der Waals surface area (Å²) in [6.45, 7) is 9.67. The van der Waals surface area contributed by atoms with Gasteiger partial charge in [0.05, 0.1) is 18.3 Å². The van der Waals surface area contributed by atoms with E-state index in [1.165, 1.54) is 11.6 Å². The van der Waals surface area contributed by atoms with Crippen molar-refractivity contribution in [2.24, 2.45) is 0 Å². The minimum Gasteiger partial charge on any atom is -0.377 e. The van der Waals surface area contributed by atoms with Gasteiger partial charge in [-0.2, -0.15) is 5.10 Å². The van der Waals surface area contributed by atoms with E-state index < -0.39 is 0 Å². The number of aryl methyl sites for hydroxylation is 1. The highest BCUT2D eigenvalue weighted by Gasteiger charge is 2.20. The fourth-order valence-corrected chi connectivity index (χ4v) is 3.34. The molecule has 1 saturated heterocycles. The lowest BCUT2D eigenvalue weighted by Crippen LogP contribution is -2.31. The van der Waals surface area contributed by atoms with Gasteiger partial charge in [0.25, 0.3) is 0 Å². The van der Waals surface area contributed by atoms with Crippen molar-refractivity contribution < 1.29 is 9.13 Å². The lowest BCUT2D eigenvalue weighted by Gasteiger charge is -2.25. The third kappa shape index (κ3) is 5.00. The molecular weight excluding hydrogens is 317 g/mol. The minimum atomic E-state index is -0.190. The van der Waals surface area contributed by atoms with Crippen LogP contribution in [0.2, 0.25) is 0 Å². The topological polar surface area (TPSA) is 30.3 Å². The molecule has 0 amide bonds. The number of benzene rings is 1. The molecule has 1 fully saturated rings. The molecule has 0 spiro atoms. The van der Waals surface area contributed by atoms with Gasteiger partial charge in [0.1, 0.15) is 5.82 Å². The summed E-state index contributed by atoms with van der Waals surface area (Å²) in [6, 6.07) is 6.83. The monoisotopic (exact) mass is 343 g/mol. The van der Waals surface area contributed by atoms with Crippen molar-refractivity contribution in [3.63, 3.8) is 0 Å². The van der Waals surface area contributed by atoms with E-state index in [9.17, 15) is 4.39 Å². The summed E-state index contributed by atoms with van der Waals surface area (Å²) < 4.78 is 21.2. The molecule has 0 N–H and O–H groups in total. The van der Waals surface area contributed by atoms with Crippen molar-refractivity contribution >= 4 is 0 Å². The van der Waals surface area contributed by atoms with E-state index in [0.29, 0.717) is 13.1 Å². The highest BCUT2D eigenvalue weighted by atomic mass is 19.1. The molecule has 0 aliphatic carbocycles. The van der Waals surface area contributed by atoms with Crippen LogP contribution in [0.4, 0.5) is 4.39 Å². The average molecular weight is 343 g/mol. The number of halogens is 1. The third-order valence-corrected chi connectivity index (χ3v) is 4.54. The van der Waals surface area contributed by atoms with Crippen LogP contribution in [0.3, 0.4) is 0 Å². The van der Waals surface area contributed by atoms with Gasteiger partial charge in [0.15, 0.2) is 0 Å². The van der Waals surface area contributed by atoms with E-state index in [1.807, 2.05) is 23.7 Å². The van der Waals surface area contributed by atoms with Crippen molar-refractivity contribution in [1.29, 1.82) is 0 Å². The maximum absolute atomic E-state index is 13.5. The number of allylic oxidation sites excluding steroid dienone is 1. The van der Waals surface area contributed by atoms with Gasteiger partial charge in [-0.1, -0.05) is 18.2 Å². The Morgan fingerprint density at radius 1 is 1.44 bits per heavy atom. The summed E-state index contributed by atoms with van der Waals surface area (Å²) in [5.74, 6) is -0.190. The van der Waals surface area contributed by atoms with E-state index in [-0.39, 0.29) is 11.9 Å². The summed E-state index contributed by atoms with van der Waals surface area (Å²) in [4.78, 5) is 2.33. The van der Waals surface area contributed by atoms with E-state index in [4.69, 9.17) is 4.74 Å². The molecular formula is C20H26FN3O. The Labute approximate surface area is 148 Å². The first-order valence-corrected chi connectivity index (χ1v) is 8.86. The lowest BCUT2D eigenvalue weighted by atomic mass is 10.1. The lowest BCUT2D eigenvalue weighted by molar-refractivity contribution is 0.0678. The molecule has 134 valence electrons. The van der Waals surface area contributed by atoms with E-state index in [0.717, 1.165) is 43.8 Å². The van der Waals surface area contributed by atoms with Crippen LogP contribution in [0.1, 0.15) is 29.7 Å². The minimum absolute atomic E-state index is 0.190. The molecule has 2 aromatic rings. The third-order valence-electron chi connectivity index (χ3n) is 4.54. The van der Waals surface area contributed by atoms with Gasteiger partial charge in [-0.25, -0.2) is 4.39 Å². The van der Waals surface area contributed by atoms with Gasteiger partial charge in [-0.15, -0.1) is 6.58 Å². The largest absolute Gasteiger partial charge is 0.377 e. The molecule has 1 atom stereocenters. The van der Waals surface area contributed by atoms with Gasteiger partial charge in [0.2, 0.25) is 0 Å². The van der Waals surface area contributed by atoms with E-state index >= 15 is 0 Å². The molecule has 3 rings (SSSR count). The van der Waals surface area contributed by atoms with E-state index in [2.05, 4.69) is 22.8 Å². The van der Waals surface area contributed by atoms with Gasteiger partial charge in [-0.3, -0.25) is 9.58 Å². The van der Waals surface area contributed by atoms with Crippen LogP contribution >= 0.6 is 0 Å². The summed E-state index contributed by atoms with van der Waals surface area (Å²) >= 11 is 0. The first kappa shape index (κ1) is 17.8. The Kier molecular flexibility index (Phi) is 6.00. The number of aromatic nitrogens is 2. The maximum Gasteiger partial charge on any atom is 0.123 e. The smallest absolute Gasteiger partial charge is 0.123 e. The van der Waals surface area contributed by atoms with E-state index in [1.54, 1.807) is 12.1 Å². The zero-order chi connectivity index (χ0) is 17.6. The molecule has 1 aromatic carbocycles. The van der Waals surface area contributed by atoms with Crippen molar-refractivity contribution in [2.45, 2.75) is 45.5 Å². The van der Waals surface area contributed by atoms with Crippen LogP contribution in [-0.2, 0) is 24.4 Å². The number of nitrogens with zero attached hydrogens (tertiary/aromatic N) is 3. The second kappa shape index (κ2) is 8.41. The number of rotatable bonds is 8.